The van der Waals surface area contributed by atoms with E-state index in [-0.39, 0.29) is 0 Å². The summed E-state index contributed by atoms with van der Waals surface area (Å²) in [5.41, 5.74) is 0.407. The monoisotopic (exact) mass is 256 g/mol. The van der Waals surface area contributed by atoms with Gasteiger partial charge < -0.3 is 10.2 Å². The molecule has 2 unspecified atom stereocenters. The van der Waals surface area contributed by atoms with Crippen LogP contribution in [0.5, 0.6) is 0 Å². The van der Waals surface area contributed by atoms with E-state index in [0.29, 0.717) is 11.5 Å². The Kier molecular flexibility index (Phi) is 8.89. The molecule has 110 valence electrons. The topological polar surface area (TPSA) is 15.3 Å². The average Bonchev–Trinajstić information content (AvgIpc) is 2.25. The summed E-state index contributed by atoms with van der Waals surface area (Å²) in [6.07, 6.45) is 3.87. The lowest BCUT2D eigenvalue weighted by molar-refractivity contribution is 0.132. The first-order valence-electron chi connectivity index (χ1n) is 7.75. The van der Waals surface area contributed by atoms with Crippen LogP contribution in [0.3, 0.4) is 0 Å². The summed E-state index contributed by atoms with van der Waals surface area (Å²) in [5.74, 6) is 0.786. The van der Waals surface area contributed by atoms with E-state index in [1.807, 2.05) is 0 Å². The van der Waals surface area contributed by atoms with Gasteiger partial charge in [-0.15, -0.1) is 0 Å². The molecule has 0 radical (unpaired) electrons. The zero-order chi connectivity index (χ0) is 14.2. The van der Waals surface area contributed by atoms with Gasteiger partial charge in [-0.05, 0) is 44.7 Å². The van der Waals surface area contributed by atoms with Crippen LogP contribution in [0.15, 0.2) is 0 Å². The zero-order valence-electron chi connectivity index (χ0n) is 13.8. The van der Waals surface area contributed by atoms with Crippen LogP contribution in [0.25, 0.3) is 0 Å². The second-order valence-electron chi connectivity index (χ2n) is 6.73. The lowest BCUT2D eigenvalue weighted by atomic mass is 9.84. The van der Waals surface area contributed by atoms with Crippen molar-refractivity contribution in [3.05, 3.63) is 0 Å². The van der Waals surface area contributed by atoms with E-state index in [9.17, 15) is 0 Å². The molecule has 0 aliphatic heterocycles. The molecule has 0 saturated heterocycles. The van der Waals surface area contributed by atoms with Crippen molar-refractivity contribution < 1.29 is 0 Å². The quantitative estimate of drug-likeness (QED) is 0.640. The SMILES string of the molecule is CCCC(C)(CNCC)CN(C)C(C)CC(C)C. The molecular weight excluding hydrogens is 220 g/mol. The van der Waals surface area contributed by atoms with Crippen LogP contribution < -0.4 is 5.32 Å². The van der Waals surface area contributed by atoms with Gasteiger partial charge in [0.2, 0.25) is 0 Å². The highest BCUT2D eigenvalue weighted by molar-refractivity contribution is 4.81. The van der Waals surface area contributed by atoms with Crippen molar-refractivity contribution in [1.82, 2.24) is 10.2 Å². The predicted molar refractivity (Wildman–Crippen MR) is 83.1 cm³/mol. The lowest BCUT2D eigenvalue weighted by Gasteiger charge is -2.37. The fourth-order valence-electron chi connectivity index (χ4n) is 2.87. The highest BCUT2D eigenvalue weighted by Gasteiger charge is 2.26. The molecule has 0 aromatic carbocycles. The van der Waals surface area contributed by atoms with Gasteiger partial charge in [0.1, 0.15) is 0 Å². The van der Waals surface area contributed by atoms with Crippen LogP contribution in [-0.4, -0.2) is 37.6 Å². The van der Waals surface area contributed by atoms with Gasteiger partial charge in [-0.25, -0.2) is 0 Å². The van der Waals surface area contributed by atoms with Gasteiger partial charge in [-0.1, -0.05) is 41.0 Å². The van der Waals surface area contributed by atoms with Crippen LogP contribution in [0.2, 0.25) is 0 Å². The Morgan fingerprint density at radius 1 is 1.17 bits per heavy atom. The van der Waals surface area contributed by atoms with E-state index in [1.54, 1.807) is 0 Å². The molecule has 0 aliphatic rings. The summed E-state index contributed by atoms with van der Waals surface area (Å²) >= 11 is 0. The number of hydrogen-bond acceptors (Lipinski definition) is 2. The second-order valence-corrected chi connectivity index (χ2v) is 6.73. The first kappa shape index (κ1) is 17.9. The lowest BCUT2D eigenvalue weighted by Crippen LogP contribution is -2.44. The smallest absolute Gasteiger partial charge is 0.00665 e. The van der Waals surface area contributed by atoms with Crippen molar-refractivity contribution in [1.29, 1.82) is 0 Å². The fraction of sp³-hybridized carbons (Fsp3) is 1.00. The number of nitrogens with one attached hydrogen (secondary N) is 1. The molecular formula is C16H36N2. The summed E-state index contributed by atoms with van der Waals surface area (Å²) in [5, 5.41) is 3.53. The maximum atomic E-state index is 3.53. The number of hydrogen-bond donors (Lipinski definition) is 1. The van der Waals surface area contributed by atoms with E-state index < -0.39 is 0 Å². The fourth-order valence-corrected chi connectivity index (χ4v) is 2.87. The van der Waals surface area contributed by atoms with Crippen molar-refractivity contribution in [2.75, 3.05) is 26.7 Å². The van der Waals surface area contributed by atoms with Crippen LogP contribution in [0.1, 0.15) is 60.8 Å². The third-order valence-electron chi connectivity index (χ3n) is 3.85. The van der Waals surface area contributed by atoms with Crippen molar-refractivity contribution in [2.45, 2.75) is 66.8 Å². The van der Waals surface area contributed by atoms with Crippen LogP contribution in [-0.2, 0) is 0 Å². The standard InChI is InChI=1S/C16H36N2/c1-8-10-16(6,12-17-9-2)13-18(7)15(5)11-14(3)4/h14-15,17H,8-13H2,1-7H3. The van der Waals surface area contributed by atoms with Crippen LogP contribution in [0.4, 0.5) is 0 Å². The Morgan fingerprint density at radius 3 is 2.22 bits per heavy atom. The summed E-state index contributed by atoms with van der Waals surface area (Å²) < 4.78 is 0. The van der Waals surface area contributed by atoms with Crippen molar-refractivity contribution in [3.8, 4) is 0 Å². The molecule has 0 bridgehead atoms. The van der Waals surface area contributed by atoms with Crippen molar-refractivity contribution in [3.63, 3.8) is 0 Å². The van der Waals surface area contributed by atoms with E-state index in [1.165, 1.54) is 25.8 Å². The van der Waals surface area contributed by atoms with Crippen molar-refractivity contribution >= 4 is 0 Å². The Labute approximate surface area is 116 Å². The molecule has 18 heavy (non-hydrogen) atoms. The summed E-state index contributed by atoms with van der Waals surface area (Å²) in [4.78, 5) is 2.55. The summed E-state index contributed by atoms with van der Waals surface area (Å²) in [7, 11) is 2.28. The maximum Gasteiger partial charge on any atom is 0.00665 e. The van der Waals surface area contributed by atoms with Gasteiger partial charge in [0.15, 0.2) is 0 Å². The molecule has 0 saturated carbocycles. The maximum absolute atomic E-state index is 3.53. The Bertz CT molecular complexity index is 203. The molecule has 0 fully saturated rings. The van der Waals surface area contributed by atoms with Gasteiger partial charge in [-0.2, -0.15) is 0 Å². The van der Waals surface area contributed by atoms with Gasteiger partial charge in [0, 0.05) is 19.1 Å². The first-order valence-corrected chi connectivity index (χ1v) is 7.75. The molecule has 2 heteroatoms. The second kappa shape index (κ2) is 8.92. The van der Waals surface area contributed by atoms with Crippen LogP contribution >= 0.6 is 0 Å². The van der Waals surface area contributed by atoms with Gasteiger partial charge in [-0.3, -0.25) is 0 Å². The largest absolute Gasteiger partial charge is 0.316 e. The highest BCUT2D eigenvalue weighted by atomic mass is 15.1. The summed E-state index contributed by atoms with van der Waals surface area (Å²) in [6.45, 7) is 17.3. The molecule has 0 aliphatic carbocycles. The summed E-state index contributed by atoms with van der Waals surface area (Å²) in [6, 6.07) is 0.683. The molecule has 1 N–H and O–H groups in total. The van der Waals surface area contributed by atoms with E-state index in [2.05, 4.69) is 58.8 Å². The number of nitrogens with zero attached hydrogens (tertiary/aromatic N) is 1. The first-order chi connectivity index (χ1) is 8.34. The minimum Gasteiger partial charge on any atom is -0.316 e. The number of rotatable bonds is 10. The third-order valence-corrected chi connectivity index (χ3v) is 3.85. The Morgan fingerprint density at radius 2 is 1.78 bits per heavy atom. The Balaban J connectivity index is 4.37. The normalized spacial score (nSPS) is 17.2. The molecule has 0 spiro atoms. The predicted octanol–water partition coefficient (Wildman–Crippen LogP) is 3.77. The molecule has 0 heterocycles. The van der Waals surface area contributed by atoms with Crippen molar-refractivity contribution in [2.24, 2.45) is 11.3 Å². The molecule has 2 atom stereocenters. The molecule has 0 amide bonds. The average molecular weight is 256 g/mol. The molecule has 0 aromatic heterocycles. The van der Waals surface area contributed by atoms with E-state index in [0.717, 1.165) is 19.0 Å². The molecule has 0 rings (SSSR count). The zero-order valence-corrected chi connectivity index (χ0v) is 13.8. The molecule has 2 nitrogen and oxygen atoms in total. The minimum atomic E-state index is 0.407. The third kappa shape index (κ3) is 7.38. The Hall–Kier alpha value is -0.0800. The van der Waals surface area contributed by atoms with Gasteiger partial charge >= 0.3 is 0 Å². The van der Waals surface area contributed by atoms with E-state index >= 15 is 0 Å². The van der Waals surface area contributed by atoms with Crippen LogP contribution in [0, 0.1) is 11.3 Å². The molecule has 0 aromatic rings. The highest BCUT2D eigenvalue weighted by Crippen LogP contribution is 2.25. The van der Waals surface area contributed by atoms with E-state index in [4.69, 9.17) is 0 Å². The van der Waals surface area contributed by atoms with Gasteiger partial charge in [0.05, 0.1) is 0 Å². The van der Waals surface area contributed by atoms with Gasteiger partial charge in [0.25, 0.3) is 0 Å². The minimum absolute atomic E-state index is 0.407.